The van der Waals surface area contributed by atoms with Crippen molar-refractivity contribution >= 4 is 16.3 Å². The van der Waals surface area contributed by atoms with Crippen LogP contribution < -0.4 is 5.32 Å². The summed E-state index contributed by atoms with van der Waals surface area (Å²) in [6.07, 6.45) is 10.6. The van der Waals surface area contributed by atoms with Crippen LogP contribution in [0.2, 0.25) is 0 Å². The molecule has 1 atom stereocenters. The van der Waals surface area contributed by atoms with Crippen LogP contribution in [0.15, 0.2) is 17.8 Å². The van der Waals surface area contributed by atoms with Gasteiger partial charge in [0.05, 0.1) is 5.69 Å². The average molecular weight is 277 g/mol. The Bertz CT molecular complexity index is 512. The number of thiazole rings is 1. The van der Waals surface area contributed by atoms with Gasteiger partial charge in [-0.15, -0.1) is 11.3 Å². The molecule has 1 unspecified atom stereocenters. The summed E-state index contributed by atoms with van der Waals surface area (Å²) < 4.78 is 2.14. The second kappa shape index (κ2) is 5.25. The Kier molecular flexibility index (Phi) is 3.63. The molecule has 2 aromatic heterocycles. The average Bonchev–Trinajstić information content (AvgIpc) is 2.97. The smallest absolute Gasteiger partial charge is 0.193 e. The second-order valence-corrected chi connectivity index (χ2v) is 7.09. The van der Waals surface area contributed by atoms with Crippen LogP contribution in [0.5, 0.6) is 0 Å². The molecule has 1 saturated carbocycles. The van der Waals surface area contributed by atoms with Gasteiger partial charge in [-0.1, -0.05) is 20.3 Å². The lowest BCUT2D eigenvalue weighted by atomic mass is 9.81. The van der Waals surface area contributed by atoms with E-state index < -0.39 is 0 Å². The van der Waals surface area contributed by atoms with Crippen molar-refractivity contribution in [3.8, 4) is 0 Å². The minimum Gasteiger partial charge on any atom is -0.313 e. The molecular weight excluding hydrogens is 254 g/mol. The second-order valence-electron chi connectivity index (χ2n) is 6.22. The first-order valence-corrected chi connectivity index (χ1v) is 8.21. The molecule has 0 radical (unpaired) electrons. The molecule has 0 saturated heterocycles. The van der Waals surface area contributed by atoms with Gasteiger partial charge in [-0.05, 0) is 31.1 Å². The van der Waals surface area contributed by atoms with Gasteiger partial charge in [-0.25, -0.2) is 4.98 Å². The van der Waals surface area contributed by atoms with E-state index >= 15 is 0 Å². The number of nitrogens with one attached hydrogen (secondary N) is 1. The monoisotopic (exact) mass is 277 g/mol. The largest absolute Gasteiger partial charge is 0.313 e. The highest BCUT2D eigenvalue weighted by Crippen LogP contribution is 2.29. The lowest BCUT2D eigenvalue weighted by molar-refractivity contribution is 0.272. The van der Waals surface area contributed by atoms with E-state index in [0.717, 1.165) is 24.0 Å². The topological polar surface area (TPSA) is 29.3 Å². The highest BCUT2D eigenvalue weighted by atomic mass is 32.1. The first kappa shape index (κ1) is 13.1. The Labute approximate surface area is 119 Å². The molecule has 1 aliphatic rings. The zero-order valence-corrected chi connectivity index (χ0v) is 12.7. The lowest BCUT2D eigenvalue weighted by Crippen LogP contribution is -2.35. The summed E-state index contributed by atoms with van der Waals surface area (Å²) in [7, 11) is 0. The fourth-order valence-electron chi connectivity index (χ4n) is 2.82. The van der Waals surface area contributed by atoms with E-state index in [4.69, 9.17) is 4.98 Å². The van der Waals surface area contributed by atoms with Crippen molar-refractivity contribution in [2.45, 2.75) is 52.0 Å². The van der Waals surface area contributed by atoms with Gasteiger partial charge in [-0.2, -0.15) is 0 Å². The van der Waals surface area contributed by atoms with Gasteiger partial charge in [0.25, 0.3) is 0 Å². The predicted octanol–water partition coefficient (Wildman–Crippen LogP) is 3.50. The first-order chi connectivity index (χ1) is 9.18. The summed E-state index contributed by atoms with van der Waals surface area (Å²) in [6, 6.07) is 0.793. The van der Waals surface area contributed by atoms with E-state index in [1.807, 2.05) is 0 Å². The van der Waals surface area contributed by atoms with Crippen LogP contribution >= 0.6 is 11.3 Å². The normalized spacial score (nSPS) is 18.8. The molecule has 2 heterocycles. The van der Waals surface area contributed by atoms with Gasteiger partial charge in [0, 0.05) is 30.4 Å². The van der Waals surface area contributed by atoms with E-state index in [1.54, 1.807) is 11.3 Å². The summed E-state index contributed by atoms with van der Waals surface area (Å²) in [4.78, 5) is 5.85. The molecule has 1 N–H and O–H groups in total. The molecule has 2 aromatic rings. The summed E-state index contributed by atoms with van der Waals surface area (Å²) in [6.45, 7) is 5.80. The maximum atomic E-state index is 4.74. The summed E-state index contributed by atoms with van der Waals surface area (Å²) in [5.41, 5.74) is 1.57. The summed E-state index contributed by atoms with van der Waals surface area (Å²) in [5.74, 6) is 0. The van der Waals surface area contributed by atoms with Gasteiger partial charge in [0.2, 0.25) is 0 Å². The standard InChI is InChI=1S/C15H23N3S/c1-3-6-15(2,11-16-12-4-5-12)9-13-10-18-7-8-19-14(18)17-13/h7-8,10,12,16H,3-6,9,11H2,1-2H3. The van der Waals surface area contributed by atoms with E-state index in [-0.39, 0.29) is 0 Å². The highest BCUT2D eigenvalue weighted by Gasteiger charge is 2.29. The molecule has 0 spiro atoms. The van der Waals surface area contributed by atoms with Gasteiger partial charge in [0.1, 0.15) is 0 Å². The molecule has 1 fully saturated rings. The predicted molar refractivity (Wildman–Crippen MR) is 80.8 cm³/mol. The minimum atomic E-state index is 0.335. The number of nitrogens with zero attached hydrogens (tertiary/aromatic N) is 2. The molecule has 19 heavy (non-hydrogen) atoms. The van der Waals surface area contributed by atoms with Crippen molar-refractivity contribution in [3.63, 3.8) is 0 Å². The van der Waals surface area contributed by atoms with Crippen LogP contribution in [-0.2, 0) is 6.42 Å². The molecule has 0 bridgehead atoms. The van der Waals surface area contributed by atoms with Gasteiger partial charge < -0.3 is 5.32 Å². The molecule has 104 valence electrons. The van der Waals surface area contributed by atoms with Gasteiger partial charge in [0.15, 0.2) is 4.96 Å². The van der Waals surface area contributed by atoms with Crippen molar-refractivity contribution in [3.05, 3.63) is 23.5 Å². The van der Waals surface area contributed by atoms with Crippen molar-refractivity contribution in [2.75, 3.05) is 6.54 Å². The molecular formula is C15H23N3S. The number of hydrogen-bond donors (Lipinski definition) is 1. The van der Waals surface area contributed by atoms with Gasteiger partial charge >= 0.3 is 0 Å². The lowest BCUT2D eigenvalue weighted by Gasteiger charge is -2.29. The Hall–Kier alpha value is -0.870. The van der Waals surface area contributed by atoms with Crippen LogP contribution in [0.25, 0.3) is 4.96 Å². The van der Waals surface area contributed by atoms with Crippen molar-refractivity contribution < 1.29 is 0 Å². The third-order valence-corrected chi connectivity index (χ3v) is 4.77. The Balaban J connectivity index is 1.69. The summed E-state index contributed by atoms with van der Waals surface area (Å²) in [5, 5.41) is 5.79. The Morgan fingerprint density at radius 3 is 3.05 bits per heavy atom. The summed E-state index contributed by atoms with van der Waals surface area (Å²) >= 11 is 1.71. The zero-order chi connectivity index (χ0) is 13.3. The number of hydrogen-bond acceptors (Lipinski definition) is 3. The number of imidazole rings is 1. The van der Waals surface area contributed by atoms with Crippen molar-refractivity contribution in [1.82, 2.24) is 14.7 Å². The molecule has 3 nitrogen and oxygen atoms in total. The Morgan fingerprint density at radius 1 is 1.53 bits per heavy atom. The van der Waals surface area contributed by atoms with Crippen molar-refractivity contribution in [2.24, 2.45) is 5.41 Å². The molecule has 1 aliphatic carbocycles. The van der Waals surface area contributed by atoms with E-state index in [1.165, 1.54) is 31.4 Å². The Morgan fingerprint density at radius 2 is 2.37 bits per heavy atom. The minimum absolute atomic E-state index is 0.335. The van der Waals surface area contributed by atoms with E-state index in [2.05, 4.69) is 41.3 Å². The molecule has 0 amide bonds. The number of rotatable bonds is 7. The van der Waals surface area contributed by atoms with E-state index in [0.29, 0.717) is 5.41 Å². The van der Waals surface area contributed by atoms with E-state index in [9.17, 15) is 0 Å². The van der Waals surface area contributed by atoms with Crippen LogP contribution in [0.3, 0.4) is 0 Å². The first-order valence-electron chi connectivity index (χ1n) is 7.33. The van der Waals surface area contributed by atoms with Gasteiger partial charge in [-0.3, -0.25) is 4.40 Å². The number of fused-ring (bicyclic) bond motifs is 1. The van der Waals surface area contributed by atoms with Crippen LogP contribution in [-0.4, -0.2) is 22.0 Å². The maximum absolute atomic E-state index is 4.74. The van der Waals surface area contributed by atoms with Crippen LogP contribution in [0.1, 0.15) is 45.2 Å². The molecule has 0 aliphatic heterocycles. The SMILES string of the molecule is CCCC(C)(CNC1CC1)Cc1cn2ccsc2n1. The van der Waals surface area contributed by atoms with Crippen LogP contribution in [0.4, 0.5) is 0 Å². The highest BCUT2D eigenvalue weighted by molar-refractivity contribution is 7.15. The maximum Gasteiger partial charge on any atom is 0.193 e. The quantitative estimate of drug-likeness (QED) is 0.839. The fourth-order valence-corrected chi connectivity index (χ4v) is 3.54. The van der Waals surface area contributed by atoms with Crippen molar-refractivity contribution in [1.29, 1.82) is 0 Å². The zero-order valence-electron chi connectivity index (χ0n) is 11.9. The molecule has 0 aromatic carbocycles. The fraction of sp³-hybridized carbons (Fsp3) is 0.667. The third-order valence-electron chi connectivity index (χ3n) is 4.00. The van der Waals surface area contributed by atoms with Crippen LogP contribution in [0, 0.1) is 5.41 Å². The third kappa shape index (κ3) is 3.18. The molecule has 3 rings (SSSR count). The number of aromatic nitrogens is 2. The molecule has 4 heteroatoms.